The van der Waals surface area contributed by atoms with Crippen LogP contribution in [0.15, 0.2) is 64.6 Å². The summed E-state index contributed by atoms with van der Waals surface area (Å²) in [6.07, 6.45) is 3.56. The van der Waals surface area contributed by atoms with Crippen molar-refractivity contribution in [2.45, 2.75) is 0 Å². The number of hydrogen-bond donors (Lipinski definition) is 1. The Morgan fingerprint density at radius 1 is 0.947 bits per heavy atom. The Labute approximate surface area is 121 Å². The van der Waals surface area contributed by atoms with Crippen LogP contribution in [0.3, 0.4) is 0 Å². The molecule has 0 fully saturated rings. The van der Waals surface area contributed by atoms with E-state index in [0.29, 0.717) is 0 Å². The molecule has 0 saturated heterocycles. The molecule has 1 aromatic heterocycles. The molecule has 0 radical (unpaired) electrons. The molecule has 94 valence electrons. The molecule has 2 heterocycles. The molecule has 0 atom stereocenters. The van der Waals surface area contributed by atoms with Gasteiger partial charge in [-0.25, -0.2) is 0 Å². The molecule has 4 heteroatoms. The van der Waals surface area contributed by atoms with Gasteiger partial charge in [-0.3, -0.25) is 4.98 Å². The number of nitrogens with one attached hydrogen (secondary N) is 1. The largest absolute Gasteiger partial charge is 0.352 e. The summed E-state index contributed by atoms with van der Waals surface area (Å²) in [6, 6.07) is 14.0. The van der Waals surface area contributed by atoms with Crippen LogP contribution in [0.5, 0.6) is 0 Å². The van der Waals surface area contributed by atoms with E-state index < -0.39 is 0 Å². The van der Waals surface area contributed by atoms with Crippen molar-refractivity contribution in [3.8, 4) is 0 Å². The van der Waals surface area contributed by atoms with Gasteiger partial charge in [0, 0.05) is 28.9 Å². The van der Waals surface area contributed by atoms with Gasteiger partial charge in [-0.05, 0) is 12.1 Å². The molecule has 2 aromatic rings. The zero-order valence-electron chi connectivity index (χ0n) is 10.0. The Bertz CT molecular complexity index is 636. The molecular formula is C15H11ClN2S. The quantitative estimate of drug-likeness (QED) is 0.892. The van der Waals surface area contributed by atoms with E-state index in [9.17, 15) is 0 Å². The van der Waals surface area contributed by atoms with Crippen molar-refractivity contribution in [3.05, 3.63) is 75.8 Å². The highest BCUT2D eigenvalue weighted by molar-refractivity contribution is 8.07. The third-order valence-electron chi connectivity index (χ3n) is 2.79. The molecule has 3 rings (SSSR count). The predicted octanol–water partition coefficient (Wildman–Crippen LogP) is 4.28. The number of pyridine rings is 1. The molecule has 1 aliphatic rings. The first-order valence-corrected chi connectivity index (χ1v) is 7.10. The molecule has 2 nitrogen and oxygen atoms in total. The second kappa shape index (κ2) is 5.51. The van der Waals surface area contributed by atoms with Crippen molar-refractivity contribution in [2.24, 2.45) is 0 Å². The van der Waals surface area contributed by atoms with Gasteiger partial charge in [0.05, 0.1) is 11.4 Å². The summed E-state index contributed by atoms with van der Waals surface area (Å²) in [5.41, 5.74) is 4.16. The second-order valence-corrected chi connectivity index (χ2v) is 5.51. The molecule has 0 amide bonds. The number of aromatic nitrogens is 1. The van der Waals surface area contributed by atoms with Crippen molar-refractivity contribution in [1.82, 2.24) is 10.3 Å². The van der Waals surface area contributed by atoms with Crippen molar-refractivity contribution in [2.75, 3.05) is 0 Å². The zero-order valence-corrected chi connectivity index (χ0v) is 11.6. The molecular weight excluding hydrogens is 276 g/mol. The molecule has 0 unspecified atom stereocenters. The Morgan fingerprint density at radius 3 is 2.42 bits per heavy atom. The molecule has 1 aliphatic heterocycles. The van der Waals surface area contributed by atoms with Crippen LogP contribution in [-0.2, 0) is 0 Å². The Hall–Kier alpha value is -1.71. The SMILES string of the molecule is ClC1=C(c2ccccc2)NC(c2ccncc2)=CS1. The van der Waals surface area contributed by atoms with Gasteiger partial charge in [-0.1, -0.05) is 53.7 Å². The lowest BCUT2D eigenvalue weighted by Crippen LogP contribution is -2.14. The van der Waals surface area contributed by atoms with Gasteiger partial charge in [0.25, 0.3) is 0 Å². The Morgan fingerprint density at radius 2 is 1.68 bits per heavy atom. The number of halogens is 1. The smallest absolute Gasteiger partial charge is 0.102 e. The highest BCUT2D eigenvalue weighted by atomic mass is 35.5. The first kappa shape index (κ1) is 12.3. The molecule has 0 spiro atoms. The van der Waals surface area contributed by atoms with E-state index in [-0.39, 0.29) is 0 Å². The minimum atomic E-state index is 0.754. The van der Waals surface area contributed by atoms with Gasteiger partial charge in [0.2, 0.25) is 0 Å². The van der Waals surface area contributed by atoms with Crippen molar-refractivity contribution < 1.29 is 0 Å². The number of thioether (sulfide) groups is 1. The van der Waals surface area contributed by atoms with E-state index in [0.717, 1.165) is 26.9 Å². The third kappa shape index (κ3) is 2.67. The van der Waals surface area contributed by atoms with E-state index >= 15 is 0 Å². The van der Waals surface area contributed by atoms with Crippen LogP contribution in [0.2, 0.25) is 0 Å². The first-order valence-electron chi connectivity index (χ1n) is 5.84. The number of hydrogen-bond acceptors (Lipinski definition) is 3. The average Bonchev–Trinajstić information content (AvgIpc) is 2.49. The fraction of sp³-hybridized carbons (Fsp3) is 0. The maximum atomic E-state index is 6.29. The van der Waals surface area contributed by atoms with Crippen molar-refractivity contribution in [3.63, 3.8) is 0 Å². The first-order chi connectivity index (χ1) is 9.34. The number of rotatable bonds is 2. The third-order valence-corrected chi connectivity index (χ3v) is 4.01. The van der Waals surface area contributed by atoms with Gasteiger partial charge in [0.15, 0.2) is 0 Å². The van der Waals surface area contributed by atoms with Crippen molar-refractivity contribution in [1.29, 1.82) is 0 Å². The van der Waals surface area contributed by atoms with Crippen LogP contribution in [-0.4, -0.2) is 4.98 Å². The fourth-order valence-electron chi connectivity index (χ4n) is 1.85. The topological polar surface area (TPSA) is 24.9 Å². The molecule has 0 bridgehead atoms. The molecule has 19 heavy (non-hydrogen) atoms. The van der Waals surface area contributed by atoms with Gasteiger partial charge >= 0.3 is 0 Å². The van der Waals surface area contributed by atoms with Crippen LogP contribution < -0.4 is 5.32 Å². The summed E-state index contributed by atoms with van der Waals surface area (Å²) in [4.78, 5) is 4.03. The predicted molar refractivity (Wildman–Crippen MR) is 82.2 cm³/mol. The van der Waals surface area contributed by atoms with E-state index in [1.165, 1.54) is 11.8 Å². The average molecular weight is 287 g/mol. The summed E-state index contributed by atoms with van der Waals surface area (Å²) < 4.78 is 0.754. The lowest BCUT2D eigenvalue weighted by Gasteiger charge is -2.20. The lowest BCUT2D eigenvalue weighted by molar-refractivity contribution is 1.22. The fourth-order valence-corrected chi connectivity index (χ4v) is 2.84. The maximum absolute atomic E-state index is 6.29. The van der Waals surface area contributed by atoms with Gasteiger partial charge in [-0.15, -0.1) is 0 Å². The molecule has 0 aliphatic carbocycles. The zero-order chi connectivity index (χ0) is 13.1. The molecule has 1 N–H and O–H groups in total. The summed E-state index contributed by atoms with van der Waals surface area (Å²) in [7, 11) is 0. The van der Waals surface area contributed by atoms with E-state index in [2.05, 4.69) is 10.3 Å². The van der Waals surface area contributed by atoms with Crippen LogP contribution in [0, 0.1) is 0 Å². The van der Waals surface area contributed by atoms with E-state index in [1.807, 2.05) is 47.9 Å². The van der Waals surface area contributed by atoms with E-state index in [4.69, 9.17) is 11.6 Å². The maximum Gasteiger partial charge on any atom is 0.102 e. The van der Waals surface area contributed by atoms with Crippen LogP contribution in [0.25, 0.3) is 11.4 Å². The minimum absolute atomic E-state index is 0.754. The van der Waals surface area contributed by atoms with E-state index in [1.54, 1.807) is 12.4 Å². The van der Waals surface area contributed by atoms with Gasteiger partial charge in [0.1, 0.15) is 4.36 Å². The Kier molecular flexibility index (Phi) is 3.58. The summed E-state index contributed by atoms with van der Waals surface area (Å²) in [6.45, 7) is 0. The minimum Gasteiger partial charge on any atom is -0.352 e. The number of benzene rings is 1. The highest BCUT2D eigenvalue weighted by Gasteiger charge is 2.15. The monoisotopic (exact) mass is 286 g/mol. The normalized spacial score (nSPS) is 14.9. The van der Waals surface area contributed by atoms with Crippen molar-refractivity contribution >= 4 is 34.8 Å². The summed E-state index contributed by atoms with van der Waals surface area (Å²) >= 11 is 7.82. The van der Waals surface area contributed by atoms with Gasteiger partial charge < -0.3 is 5.32 Å². The van der Waals surface area contributed by atoms with Crippen LogP contribution in [0.1, 0.15) is 11.1 Å². The standard InChI is InChI=1S/C15H11ClN2S/c16-15-14(12-4-2-1-3-5-12)18-13(10-19-15)11-6-8-17-9-7-11/h1-10,18H. The molecule has 0 saturated carbocycles. The second-order valence-electron chi connectivity index (χ2n) is 4.02. The van der Waals surface area contributed by atoms with Crippen LogP contribution >= 0.6 is 23.4 Å². The summed E-state index contributed by atoms with van der Waals surface area (Å²) in [5.74, 6) is 0. The van der Waals surface area contributed by atoms with Gasteiger partial charge in [-0.2, -0.15) is 0 Å². The van der Waals surface area contributed by atoms with Crippen LogP contribution in [0.4, 0.5) is 0 Å². The summed E-state index contributed by atoms with van der Waals surface area (Å²) in [5, 5.41) is 5.41. The number of nitrogens with zero attached hydrogens (tertiary/aromatic N) is 1. The lowest BCUT2D eigenvalue weighted by atomic mass is 10.1. The Balaban J connectivity index is 1.92. The molecule has 1 aromatic carbocycles. The highest BCUT2D eigenvalue weighted by Crippen LogP contribution is 2.36.